The molecule has 1 aromatic heterocycles. The Morgan fingerprint density at radius 3 is 2.72 bits per heavy atom. The fourth-order valence-corrected chi connectivity index (χ4v) is 2.59. The second-order valence-electron chi connectivity index (χ2n) is 5.77. The number of aromatic nitrogens is 2. The van der Waals surface area contributed by atoms with Crippen LogP contribution >= 0.6 is 0 Å². The summed E-state index contributed by atoms with van der Waals surface area (Å²) in [7, 11) is 0. The summed E-state index contributed by atoms with van der Waals surface area (Å²) in [6.45, 7) is 4.43. The zero-order valence-corrected chi connectivity index (χ0v) is 14.5. The van der Waals surface area contributed by atoms with Crippen LogP contribution in [0, 0.1) is 0 Å². The Kier molecular flexibility index (Phi) is 5.33. The van der Waals surface area contributed by atoms with E-state index in [1.54, 1.807) is 6.07 Å². The van der Waals surface area contributed by atoms with Crippen LogP contribution in [-0.2, 0) is 4.79 Å². The van der Waals surface area contributed by atoms with Crippen LogP contribution in [0.4, 0.5) is 0 Å². The molecule has 0 saturated heterocycles. The van der Waals surface area contributed by atoms with E-state index < -0.39 is 0 Å². The van der Waals surface area contributed by atoms with Gasteiger partial charge in [0.05, 0.1) is 17.6 Å². The summed E-state index contributed by atoms with van der Waals surface area (Å²) < 4.78 is 11.1. The van der Waals surface area contributed by atoms with Gasteiger partial charge in [-0.3, -0.25) is 4.79 Å². The summed E-state index contributed by atoms with van der Waals surface area (Å²) in [4.78, 5) is 19.8. The van der Waals surface area contributed by atoms with E-state index in [0.29, 0.717) is 24.5 Å². The molecule has 3 aromatic rings. The maximum absolute atomic E-state index is 11.9. The predicted octanol–water partition coefficient (Wildman–Crippen LogP) is 4.72. The quantitative estimate of drug-likeness (QED) is 0.500. The van der Waals surface area contributed by atoms with Crippen LogP contribution in [0.2, 0.25) is 0 Å². The number of carbonyl (C=O) groups is 1. The van der Waals surface area contributed by atoms with Gasteiger partial charge in [0, 0.05) is 12.0 Å². The normalized spacial score (nSPS) is 10.8. The van der Waals surface area contributed by atoms with E-state index in [2.05, 4.69) is 9.97 Å². The van der Waals surface area contributed by atoms with Crippen molar-refractivity contribution in [1.29, 1.82) is 0 Å². The van der Waals surface area contributed by atoms with Gasteiger partial charge in [-0.2, -0.15) is 0 Å². The fraction of sp³-hybridized carbons (Fsp3) is 0.300. The number of esters is 1. The van der Waals surface area contributed by atoms with Crippen molar-refractivity contribution >= 4 is 17.0 Å². The number of hydrogen-bond acceptors (Lipinski definition) is 4. The van der Waals surface area contributed by atoms with Crippen molar-refractivity contribution in [2.24, 2.45) is 0 Å². The molecule has 3 rings (SSSR count). The van der Waals surface area contributed by atoms with E-state index in [-0.39, 0.29) is 5.97 Å². The van der Waals surface area contributed by atoms with Gasteiger partial charge < -0.3 is 14.5 Å². The van der Waals surface area contributed by atoms with E-state index in [4.69, 9.17) is 9.47 Å². The topological polar surface area (TPSA) is 64.2 Å². The highest BCUT2D eigenvalue weighted by molar-refractivity contribution is 5.80. The van der Waals surface area contributed by atoms with Crippen LogP contribution < -0.4 is 9.47 Å². The number of carbonyl (C=O) groups excluding carboxylic acids is 1. The third-order valence-electron chi connectivity index (χ3n) is 3.86. The van der Waals surface area contributed by atoms with E-state index in [9.17, 15) is 4.79 Å². The van der Waals surface area contributed by atoms with Crippen LogP contribution in [0.25, 0.3) is 22.4 Å². The Bertz CT molecular complexity index is 837. The monoisotopic (exact) mass is 338 g/mol. The Hall–Kier alpha value is -2.82. The van der Waals surface area contributed by atoms with Gasteiger partial charge in [-0.05, 0) is 43.7 Å². The standard InChI is InChI=1S/C20H22N2O3/c1-3-5-10-19(23)25-17-12-11-14(13-18(17)24-4-2)20-21-15-8-6-7-9-16(15)22-20/h6-9,11-13H,3-5,10H2,1-2H3,(H,21,22). The second-order valence-corrected chi connectivity index (χ2v) is 5.77. The van der Waals surface area contributed by atoms with Crippen LogP contribution in [0.5, 0.6) is 11.5 Å². The van der Waals surface area contributed by atoms with Crippen LogP contribution in [0.3, 0.4) is 0 Å². The van der Waals surface area contributed by atoms with Crippen LogP contribution in [0.1, 0.15) is 33.1 Å². The van der Waals surface area contributed by atoms with E-state index in [1.165, 1.54) is 0 Å². The van der Waals surface area contributed by atoms with E-state index in [0.717, 1.165) is 35.3 Å². The van der Waals surface area contributed by atoms with Crippen molar-refractivity contribution in [1.82, 2.24) is 9.97 Å². The molecule has 0 aliphatic rings. The number of nitrogens with zero attached hydrogens (tertiary/aromatic N) is 1. The zero-order valence-electron chi connectivity index (χ0n) is 14.5. The Labute approximate surface area is 147 Å². The highest BCUT2D eigenvalue weighted by atomic mass is 16.6. The maximum atomic E-state index is 11.9. The van der Waals surface area contributed by atoms with Gasteiger partial charge in [-0.15, -0.1) is 0 Å². The molecular formula is C20H22N2O3. The molecule has 0 radical (unpaired) electrons. The summed E-state index contributed by atoms with van der Waals surface area (Å²) >= 11 is 0. The number of fused-ring (bicyclic) bond motifs is 1. The molecule has 1 N–H and O–H groups in total. The second kappa shape index (κ2) is 7.83. The molecule has 2 aromatic carbocycles. The van der Waals surface area contributed by atoms with Crippen molar-refractivity contribution in [2.45, 2.75) is 33.1 Å². The van der Waals surface area contributed by atoms with Gasteiger partial charge >= 0.3 is 5.97 Å². The average molecular weight is 338 g/mol. The first-order valence-corrected chi connectivity index (χ1v) is 8.64. The maximum Gasteiger partial charge on any atom is 0.311 e. The number of benzene rings is 2. The highest BCUT2D eigenvalue weighted by Gasteiger charge is 2.13. The average Bonchev–Trinajstić information content (AvgIpc) is 3.06. The molecule has 0 amide bonds. The molecule has 5 heteroatoms. The van der Waals surface area contributed by atoms with Crippen molar-refractivity contribution in [3.8, 4) is 22.9 Å². The van der Waals surface area contributed by atoms with Crippen molar-refractivity contribution in [3.05, 3.63) is 42.5 Å². The number of ether oxygens (including phenoxy) is 2. The van der Waals surface area contributed by atoms with Crippen LogP contribution in [0.15, 0.2) is 42.5 Å². The molecule has 130 valence electrons. The highest BCUT2D eigenvalue weighted by Crippen LogP contribution is 2.33. The third-order valence-corrected chi connectivity index (χ3v) is 3.86. The summed E-state index contributed by atoms with van der Waals surface area (Å²) in [5.41, 5.74) is 2.77. The molecule has 0 fully saturated rings. The number of H-pyrrole nitrogens is 1. The molecule has 1 heterocycles. The molecule has 0 bridgehead atoms. The molecule has 0 atom stereocenters. The minimum atomic E-state index is -0.237. The number of imidazole rings is 1. The lowest BCUT2D eigenvalue weighted by Gasteiger charge is -2.11. The molecule has 25 heavy (non-hydrogen) atoms. The summed E-state index contributed by atoms with van der Waals surface area (Å²) in [6, 6.07) is 13.4. The Balaban J connectivity index is 1.88. The van der Waals surface area contributed by atoms with Gasteiger partial charge in [-0.25, -0.2) is 4.98 Å². The summed E-state index contributed by atoms with van der Waals surface area (Å²) in [5, 5.41) is 0. The smallest absolute Gasteiger partial charge is 0.311 e. The molecule has 0 aliphatic heterocycles. The first-order chi connectivity index (χ1) is 12.2. The lowest BCUT2D eigenvalue weighted by molar-refractivity contribution is -0.134. The summed E-state index contributed by atoms with van der Waals surface area (Å²) in [6.07, 6.45) is 2.19. The first kappa shape index (κ1) is 17.0. The Morgan fingerprint density at radius 1 is 1.12 bits per heavy atom. The van der Waals surface area contributed by atoms with Gasteiger partial charge in [0.2, 0.25) is 0 Å². The van der Waals surface area contributed by atoms with E-state index in [1.807, 2.05) is 50.2 Å². The van der Waals surface area contributed by atoms with Crippen LogP contribution in [-0.4, -0.2) is 22.5 Å². The minimum Gasteiger partial charge on any atom is -0.490 e. The van der Waals surface area contributed by atoms with Crippen molar-refractivity contribution < 1.29 is 14.3 Å². The first-order valence-electron chi connectivity index (χ1n) is 8.64. The zero-order chi connectivity index (χ0) is 17.6. The largest absolute Gasteiger partial charge is 0.490 e. The SMILES string of the molecule is CCCCC(=O)Oc1ccc(-c2nc3ccccc3[nH]2)cc1OCC. The lowest BCUT2D eigenvalue weighted by Crippen LogP contribution is -2.08. The molecule has 5 nitrogen and oxygen atoms in total. The molecule has 0 spiro atoms. The third kappa shape index (κ3) is 3.99. The number of unbranched alkanes of at least 4 members (excludes halogenated alkanes) is 1. The van der Waals surface area contributed by atoms with Crippen molar-refractivity contribution in [2.75, 3.05) is 6.61 Å². The van der Waals surface area contributed by atoms with Gasteiger partial charge in [0.15, 0.2) is 11.5 Å². The minimum absolute atomic E-state index is 0.237. The van der Waals surface area contributed by atoms with Gasteiger partial charge in [0.1, 0.15) is 5.82 Å². The number of nitrogens with one attached hydrogen (secondary N) is 1. The predicted molar refractivity (Wildman–Crippen MR) is 97.9 cm³/mol. The molecule has 0 saturated carbocycles. The molecule has 0 aliphatic carbocycles. The fourth-order valence-electron chi connectivity index (χ4n) is 2.59. The van der Waals surface area contributed by atoms with Crippen molar-refractivity contribution in [3.63, 3.8) is 0 Å². The van der Waals surface area contributed by atoms with Gasteiger partial charge in [0.25, 0.3) is 0 Å². The summed E-state index contributed by atoms with van der Waals surface area (Å²) in [5.74, 6) is 1.51. The Morgan fingerprint density at radius 2 is 1.96 bits per heavy atom. The van der Waals surface area contributed by atoms with Gasteiger partial charge in [-0.1, -0.05) is 25.5 Å². The number of aromatic amines is 1. The van der Waals surface area contributed by atoms with E-state index >= 15 is 0 Å². The number of hydrogen-bond donors (Lipinski definition) is 1. The number of para-hydroxylation sites is 2. The number of rotatable bonds is 7. The molecule has 0 unspecified atom stereocenters. The lowest BCUT2D eigenvalue weighted by atomic mass is 10.2. The molecular weight excluding hydrogens is 316 g/mol.